The molecule has 0 aliphatic heterocycles. The molecule has 1 atom stereocenters. The highest BCUT2D eigenvalue weighted by Gasteiger charge is 2.27. The van der Waals surface area contributed by atoms with E-state index < -0.39 is 0 Å². The van der Waals surface area contributed by atoms with E-state index in [1.54, 1.807) is 0 Å². The molecule has 1 unspecified atom stereocenters. The van der Waals surface area contributed by atoms with Crippen molar-refractivity contribution in [2.75, 3.05) is 14.1 Å². The van der Waals surface area contributed by atoms with Crippen molar-refractivity contribution in [3.63, 3.8) is 0 Å². The van der Waals surface area contributed by atoms with E-state index in [4.69, 9.17) is 23.2 Å². The second-order valence-electron chi connectivity index (χ2n) is 5.42. The molecule has 2 rings (SSSR count). The van der Waals surface area contributed by atoms with Crippen molar-refractivity contribution < 1.29 is 0 Å². The maximum absolute atomic E-state index is 6.27. The minimum Gasteiger partial charge on any atom is -0.317 e. The van der Waals surface area contributed by atoms with Crippen LogP contribution in [0.3, 0.4) is 0 Å². The van der Waals surface area contributed by atoms with E-state index in [2.05, 4.69) is 31.2 Å². The Morgan fingerprint density at radius 2 is 1.95 bits per heavy atom. The smallest absolute Gasteiger partial charge is 0.0991 e. The Hall–Kier alpha value is 0.200. The van der Waals surface area contributed by atoms with Crippen LogP contribution in [0.1, 0.15) is 44.2 Å². The van der Waals surface area contributed by atoms with Crippen molar-refractivity contribution in [1.82, 2.24) is 10.2 Å². The quantitative estimate of drug-likeness (QED) is 0.873. The first-order valence-electron chi connectivity index (χ1n) is 6.86. The highest BCUT2D eigenvalue weighted by Crippen LogP contribution is 2.38. The van der Waals surface area contributed by atoms with Gasteiger partial charge < -0.3 is 5.32 Å². The van der Waals surface area contributed by atoms with Gasteiger partial charge in [-0.2, -0.15) is 0 Å². The summed E-state index contributed by atoms with van der Waals surface area (Å²) in [6.07, 6.45) is 5.02. The normalized spacial score (nSPS) is 25.8. The van der Waals surface area contributed by atoms with Gasteiger partial charge in [-0.15, -0.1) is 11.3 Å². The topological polar surface area (TPSA) is 15.3 Å². The molecule has 1 fully saturated rings. The zero-order chi connectivity index (χ0) is 14.0. The summed E-state index contributed by atoms with van der Waals surface area (Å²) in [7, 11) is 4.27. The van der Waals surface area contributed by atoms with Crippen LogP contribution in [0.4, 0.5) is 0 Å². The summed E-state index contributed by atoms with van der Waals surface area (Å²) >= 11 is 13.8. The number of halogens is 2. The molecule has 0 aromatic carbocycles. The van der Waals surface area contributed by atoms with Gasteiger partial charge in [0.05, 0.1) is 8.67 Å². The van der Waals surface area contributed by atoms with E-state index in [9.17, 15) is 0 Å². The van der Waals surface area contributed by atoms with E-state index in [1.807, 2.05) is 6.07 Å². The lowest BCUT2D eigenvalue weighted by atomic mass is 9.89. The van der Waals surface area contributed by atoms with Gasteiger partial charge in [-0.25, -0.2) is 0 Å². The zero-order valence-electron chi connectivity index (χ0n) is 11.7. The van der Waals surface area contributed by atoms with Crippen LogP contribution in [0, 0.1) is 0 Å². The van der Waals surface area contributed by atoms with Crippen LogP contribution in [0.2, 0.25) is 8.67 Å². The Balaban J connectivity index is 1.99. The molecule has 1 heterocycles. The number of hydrogen-bond donors (Lipinski definition) is 1. The fraction of sp³-hybridized carbons (Fsp3) is 0.714. The van der Waals surface area contributed by atoms with Gasteiger partial charge >= 0.3 is 0 Å². The fourth-order valence-corrected chi connectivity index (χ4v) is 4.58. The summed E-state index contributed by atoms with van der Waals surface area (Å²) in [4.78, 5) is 2.45. The van der Waals surface area contributed by atoms with Crippen molar-refractivity contribution in [2.45, 2.75) is 50.7 Å². The number of nitrogens with zero attached hydrogens (tertiary/aromatic N) is 1. The van der Waals surface area contributed by atoms with Gasteiger partial charge in [0.1, 0.15) is 0 Å². The lowest BCUT2D eigenvalue weighted by molar-refractivity contribution is 0.136. The molecule has 19 heavy (non-hydrogen) atoms. The number of thiophene rings is 1. The minimum atomic E-state index is 0.326. The second-order valence-corrected chi connectivity index (χ2v) is 7.70. The molecule has 0 spiro atoms. The van der Waals surface area contributed by atoms with E-state index in [1.165, 1.54) is 37.0 Å². The van der Waals surface area contributed by atoms with Crippen molar-refractivity contribution in [3.05, 3.63) is 20.3 Å². The van der Waals surface area contributed by atoms with Crippen molar-refractivity contribution >= 4 is 34.5 Å². The molecule has 0 amide bonds. The van der Waals surface area contributed by atoms with Gasteiger partial charge in [-0.1, -0.05) is 23.2 Å². The van der Waals surface area contributed by atoms with E-state index in [-0.39, 0.29) is 0 Å². The summed E-state index contributed by atoms with van der Waals surface area (Å²) in [5.41, 5.74) is 1.16. The molecule has 0 saturated heterocycles. The molecule has 1 aromatic heterocycles. The van der Waals surface area contributed by atoms with Gasteiger partial charge in [0, 0.05) is 23.7 Å². The van der Waals surface area contributed by atoms with Crippen LogP contribution in [0.25, 0.3) is 0 Å². The maximum Gasteiger partial charge on any atom is 0.0991 e. The van der Waals surface area contributed by atoms with Crippen LogP contribution in [0.15, 0.2) is 6.07 Å². The molecule has 5 heteroatoms. The highest BCUT2D eigenvalue weighted by molar-refractivity contribution is 7.20. The lowest BCUT2D eigenvalue weighted by Crippen LogP contribution is -2.40. The van der Waals surface area contributed by atoms with Crippen LogP contribution >= 0.6 is 34.5 Å². The van der Waals surface area contributed by atoms with Gasteiger partial charge in [-0.05, 0) is 52.8 Å². The summed E-state index contributed by atoms with van der Waals surface area (Å²) in [5.74, 6) is 0. The molecule has 0 bridgehead atoms. The monoisotopic (exact) mass is 320 g/mol. The molecule has 1 aromatic rings. The van der Waals surface area contributed by atoms with Crippen molar-refractivity contribution in [1.29, 1.82) is 0 Å². The first kappa shape index (κ1) is 15.6. The number of hydrogen-bond acceptors (Lipinski definition) is 3. The first-order chi connectivity index (χ1) is 9.02. The Morgan fingerprint density at radius 1 is 1.32 bits per heavy atom. The van der Waals surface area contributed by atoms with Crippen molar-refractivity contribution in [3.8, 4) is 0 Å². The maximum atomic E-state index is 6.27. The number of rotatable bonds is 4. The van der Waals surface area contributed by atoms with Crippen LogP contribution < -0.4 is 5.32 Å². The van der Waals surface area contributed by atoms with E-state index >= 15 is 0 Å². The van der Waals surface area contributed by atoms with E-state index in [0.29, 0.717) is 18.1 Å². The van der Waals surface area contributed by atoms with Crippen LogP contribution in [-0.2, 0) is 0 Å². The standard InChI is InChI=1S/C14H22Cl2N2S/c1-9(12-8-13(15)19-14(12)16)18(3)11-6-4-10(17-2)5-7-11/h8-11,17H,4-7H2,1-3H3. The fourth-order valence-electron chi connectivity index (χ4n) is 2.95. The summed E-state index contributed by atoms with van der Waals surface area (Å²) < 4.78 is 1.60. The molecule has 108 valence electrons. The molecule has 1 N–H and O–H groups in total. The average Bonchev–Trinajstić information content (AvgIpc) is 2.76. The summed E-state index contributed by atoms with van der Waals surface area (Å²) in [6, 6.07) is 3.68. The van der Waals surface area contributed by atoms with Crippen molar-refractivity contribution in [2.24, 2.45) is 0 Å². The third-order valence-electron chi connectivity index (χ3n) is 4.42. The summed E-state index contributed by atoms with van der Waals surface area (Å²) in [5, 5.41) is 3.38. The highest BCUT2D eigenvalue weighted by atomic mass is 35.5. The SMILES string of the molecule is CNC1CCC(N(C)C(C)c2cc(Cl)sc2Cl)CC1. The van der Waals surface area contributed by atoms with Gasteiger partial charge in [0.25, 0.3) is 0 Å². The Bertz CT molecular complexity index is 414. The first-order valence-corrected chi connectivity index (χ1v) is 8.44. The number of nitrogens with one attached hydrogen (secondary N) is 1. The molecule has 1 aliphatic carbocycles. The van der Waals surface area contributed by atoms with Gasteiger partial charge in [-0.3, -0.25) is 4.90 Å². The molecular formula is C14H22Cl2N2S. The third kappa shape index (κ3) is 3.64. The molecule has 2 nitrogen and oxygen atoms in total. The molecule has 1 aliphatic rings. The minimum absolute atomic E-state index is 0.326. The Labute approximate surface area is 130 Å². The summed E-state index contributed by atoms with van der Waals surface area (Å²) in [6.45, 7) is 2.22. The third-order valence-corrected chi connectivity index (χ3v) is 5.94. The van der Waals surface area contributed by atoms with Crippen LogP contribution in [0.5, 0.6) is 0 Å². The molecule has 0 radical (unpaired) electrons. The zero-order valence-corrected chi connectivity index (χ0v) is 14.1. The largest absolute Gasteiger partial charge is 0.317 e. The second kappa shape index (κ2) is 6.77. The van der Waals surface area contributed by atoms with E-state index in [0.717, 1.165) is 14.2 Å². The molecule has 1 saturated carbocycles. The Kier molecular flexibility index (Phi) is 5.55. The van der Waals surface area contributed by atoms with Gasteiger partial charge in [0.15, 0.2) is 0 Å². The lowest BCUT2D eigenvalue weighted by Gasteiger charge is -2.38. The van der Waals surface area contributed by atoms with Crippen LogP contribution in [-0.4, -0.2) is 31.1 Å². The predicted octanol–water partition coefficient (Wildman–Crippen LogP) is 4.58. The average molecular weight is 321 g/mol. The predicted molar refractivity (Wildman–Crippen MR) is 85.6 cm³/mol. The Morgan fingerprint density at radius 3 is 2.42 bits per heavy atom. The van der Waals surface area contributed by atoms with Gasteiger partial charge in [0.2, 0.25) is 0 Å². The molecular weight excluding hydrogens is 299 g/mol.